The molecule has 0 bridgehead atoms. The molecule has 0 heterocycles. The Morgan fingerprint density at radius 2 is 2.13 bits per heavy atom. The maximum Gasteiger partial charge on any atom is 0.307 e. The quantitative estimate of drug-likeness (QED) is 0.650. The van der Waals surface area contributed by atoms with E-state index < -0.39 is 23.6 Å². The van der Waals surface area contributed by atoms with Gasteiger partial charge in [-0.15, -0.1) is 0 Å². The van der Waals surface area contributed by atoms with Crippen LogP contribution in [-0.4, -0.2) is 29.3 Å². The van der Waals surface area contributed by atoms with Crippen LogP contribution in [0.4, 0.5) is 0 Å². The standard InChI is InChI=1S/C10H18N2O3/c1-10(2,3)15-9(14)4-7(5-11)8(13)6-12/h7-8,13H,4,6,12H2,1-3H3. The van der Waals surface area contributed by atoms with Crippen LogP contribution in [0, 0.1) is 17.2 Å². The Morgan fingerprint density at radius 3 is 2.47 bits per heavy atom. The van der Waals surface area contributed by atoms with Crippen LogP contribution in [0.1, 0.15) is 27.2 Å². The van der Waals surface area contributed by atoms with Gasteiger partial charge in [0, 0.05) is 6.54 Å². The first kappa shape index (κ1) is 13.9. The molecule has 3 N–H and O–H groups in total. The van der Waals surface area contributed by atoms with Crippen molar-refractivity contribution in [1.29, 1.82) is 5.26 Å². The first-order valence-electron chi connectivity index (χ1n) is 4.79. The Kier molecular flexibility index (Phi) is 5.26. The second-order valence-electron chi connectivity index (χ2n) is 4.33. The van der Waals surface area contributed by atoms with E-state index in [2.05, 4.69) is 0 Å². The summed E-state index contributed by atoms with van der Waals surface area (Å²) < 4.78 is 5.02. The average molecular weight is 214 g/mol. The molecule has 86 valence electrons. The molecule has 0 aromatic heterocycles. The SMILES string of the molecule is CC(C)(C)OC(=O)CC(C#N)C(O)CN. The molecule has 0 saturated heterocycles. The van der Waals surface area contributed by atoms with Crippen LogP contribution in [0.3, 0.4) is 0 Å². The predicted octanol–water partition coefficient (Wildman–Crippen LogP) is 0.178. The van der Waals surface area contributed by atoms with Crippen LogP contribution < -0.4 is 5.73 Å². The van der Waals surface area contributed by atoms with Gasteiger partial charge < -0.3 is 15.6 Å². The zero-order chi connectivity index (χ0) is 12.1. The minimum absolute atomic E-state index is 0.0407. The van der Waals surface area contributed by atoms with Gasteiger partial charge in [0.25, 0.3) is 0 Å². The van der Waals surface area contributed by atoms with E-state index in [1.54, 1.807) is 20.8 Å². The summed E-state index contributed by atoms with van der Waals surface area (Å²) in [5.74, 6) is -1.30. The molecule has 0 aromatic rings. The van der Waals surface area contributed by atoms with Gasteiger partial charge in [-0.25, -0.2) is 0 Å². The number of carbonyl (C=O) groups excluding carboxylic acids is 1. The van der Waals surface area contributed by atoms with Gasteiger partial charge in [0.15, 0.2) is 0 Å². The summed E-state index contributed by atoms with van der Waals surface area (Å²) >= 11 is 0. The molecule has 0 fully saturated rings. The van der Waals surface area contributed by atoms with E-state index >= 15 is 0 Å². The lowest BCUT2D eigenvalue weighted by Gasteiger charge is -2.21. The van der Waals surface area contributed by atoms with Gasteiger partial charge in [-0.2, -0.15) is 5.26 Å². The maximum absolute atomic E-state index is 11.3. The molecule has 0 aliphatic heterocycles. The van der Waals surface area contributed by atoms with Crippen molar-refractivity contribution < 1.29 is 14.6 Å². The number of aliphatic hydroxyl groups is 1. The van der Waals surface area contributed by atoms with Gasteiger partial charge in [-0.1, -0.05) is 0 Å². The van der Waals surface area contributed by atoms with Crippen molar-refractivity contribution in [2.75, 3.05) is 6.54 Å². The van der Waals surface area contributed by atoms with Crippen LogP contribution in [0.2, 0.25) is 0 Å². The monoisotopic (exact) mass is 214 g/mol. The fourth-order valence-electron chi connectivity index (χ4n) is 0.995. The van der Waals surface area contributed by atoms with Crippen molar-refractivity contribution in [2.45, 2.75) is 38.9 Å². The van der Waals surface area contributed by atoms with Crippen LogP contribution >= 0.6 is 0 Å². The molecular weight excluding hydrogens is 196 g/mol. The summed E-state index contributed by atoms with van der Waals surface area (Å²) in [5.41, 5.74) is 4.62. The number of nitrogens with zero attached hydrogens (tertiary/aromatic N) is 1. The summed E-state index contributed by atoms with van der Waals surface area (Å²) in [6, 6.07) is 1.84. The number of hydrogen-bond donors (Lipinski definition) is 2. The zero-order valence-corrected chi connectivity index (χ0v) is 9.36. The molecule has 0 saturated carbocycles. The van der Waals surface area contributed by atoms with Crippen LogP contribution in [-0.2, 0) is 9.53 Å². The first-order valence-corrected chi connectivity index (χ1v) is 4.79. The highest BCUT2D eigenvalue weighted by atomic mass is 16.6. The van der Waals surface area contributed by atoms with Crippen molar-refractivity contribution >= 4 is 5.97 Å². The molecule has 15 heavy (non-hydrogen) atoms. The van der Waals surface area contributed by atoms with Gasteiger partial charge in [-0.3, -0.25) is 4.79 Å². The molecule has 0 amide bonds. The normalized spacial score (nSPS) is 15.2. The molecule has 5 nitrogen and oxygen atoms in total. The second-order valence-corrected chi connectivity index (χ2v) is 4.33. The molecule has 2 atom stereocenters. The number of aliphatic hydroxyl groups excluding tert-OH is 1. The lowest BCUT2D eigenvalue weighted by molar-refractivity contribution is -0.156. The van der Waals surface area contributed by atoms with Crippen molar-refractivity contribution in [3.63, 3.8) is 0 Å². The molecule has 0 radical (unpaired) electrons. The van der Waals surface area contributed by atoms with Gasteiger partial charge in [0.05, 0.1) is 24.5 Å². The van der Waals surface area contributed by atoms with Crippen LogP contribution in [0.5, 0.6) is 0 Å². The topological polar surface area (TPSA) is 96.3 Å². The van der Waals surface area contributed by atoms with Gasteiger partial charge in [0.2, 0.25) is 0 Å². The highest BCUT2D eigenvalue weighted by molar-refractivity contribution is 5.70. The van der Waals surface area contributed by atoms with Gasteiger partial charge >= 0.3 is 5.97 Å². The van der Waals surface area contributed by atoms with E-state index in [1.165, 1.54) is 0 Å². The first-order chi connectivity index (χ1) is 6.80. The summed E-state index contributed by atoms with van der Waals surface area (Å²) in [7, 11) is 0. The third kappa shape index (κ3) is 6.05. The highest BCUT2D eigenvalue weighted by Gasteiger charge is 2.24. The Balaban J connectivity index is 4.21. The second kappa shape index (κ2) is 5.69. The smallest absolute Gasteiger partial charge is 0.307 e. The van der Waals surface area contributed by atoms with Gasteiger partial charge in [-0.05, 0) is 20.8 Å². The van der Waals surface area contributed by atoms with Crippen LogP contribution in [0.25, 0.3) is 0 Å². The lowest BCUT2D eigenvalue weighted by atomic mass is 10.0. The highest BCUT2D eigenvalue weighted by Crippen LogP contribution is 2.13. The summed E-state index contributed by atoms with van der Waals surface area (Å²) in [6.07, 6.45) is -1.12. The third-order valence-corrected chi connectivity index (χ3v) is 1.68. The molecule has 5 heteroatoms. The van der Waals surface area contributed by atoms with Crippen molar-refractivity contribution in [1.82, 2.24) is 0 Å². The number of nitrogens with two attached hydrogens (primary N) is 1. The Labute approximate surface area is 89.8 Å². The number of rotatable bonds is 4. The summed E-state index contributed by atoms with van der Waals surface area (Å²) in [4.78, 5) is 11.3. The minimum atomic E-state index is -0.984. The molecule has 0 aliphatic rings. The predicted molar refractivity (Wildman–Crippen MR) is 54.6 cm³/mol. The molecule has 0 aliphatic carbocycles. The molecule has 0 aromatic carbocycles. The minimum Gasteiger partial charge on any atom is -0.460 e. The number of ether oxygens (including phenoxy) is 1. The number of nitriles is 1. The van der Waals surface area contributed by atoms with E-state index in [4.69, 9.17) is 15.7 Å². The third-order valence-electron chi connectivity index (χ3n) is 1.68. The summed E-state index contributed by atoms with van der Waals surface area (Å²) in [6.45, 7) is 5.18. The van der Waals surface area contributed by atoms with Gasteiger partial charge in [0.1, 0.15) is 5.60 Å². The Morgan fingerprint density at radius 1 is 1.60 bits per heavy atom. The average Bonchev–Trinajstić information content (AvgIpc) is 2.10. The van der Waals surface area contributed by atoms with Crippen LogP contribution in [0.15, 0.2) is 0 Å². The van der Waals surface area contributed by atoms with Crippen molar-refractivity contribution in [3.8, 4) is 6.07 Å². The maximum atomic E-state index is 11.3. The van der Waals surface area contributed by atoms with E-state index in [0.29, 0.717) is 0 Å². The largest absolute Gasteiger partial charge is 0.460 e. The number of carbonyl (C=O) groups is 1. The molecule has 2 unspecified atom stereocenters. The Hall–Kier alpha value is -1.12. The zero-order valence-electron chi connectivity index (χ0n) is 9.36. The summed E-state index contributed by atoms with van der Waals surface area (Å²) in [5, 5.41) is 18.0. The van der Waals surface area contributed by atoms with E-state index in [-0.39, 0.29) is 13.0 Å². The van der Waals surface area contributed by atoms with Crippen molar-refractivity contribution in [2.24, 2.45) is 11.7 Å². The molecular formula is C10H18N2O3. The molecule has 0 rings (SSSR count). The van der Waals surface area contributed by atoms with Crippen molar-refractivity contribution in [3.05, 3.63) is 0 Å². The fraction of sp³-hybridized carbons (Fsp3) is 0.800. The number of esters is 1. The lowest BCUT2D eigenvalue weighted by Crippen LogP contribution is -2.32. The fourth-order valence-corrected chi connectivity index (χ4v) is 0.995. The molecule has 0 spiro atoms. The van der Waals surface area contributed by atoms with E-state index in [1.807, 2.05) is 6.07 Å². The van der Waals surface area contributed by atoms with E-state index in [9.17, 15) is 9.90 Å². The Bertz CT molecular complexity index is 252. The van der Waals surface area contributed by atoms with E-state index in [0.717, 1.165) is 0 Å². The number of hydrogen-bond acceptors (Lipinski definition) is 5.